The van der Waals surface area contributed by atoms with Crippen LogP contribution in [0.4, 0.5) is 21.6 Å². The largest absolute Gasteiger partial charge is 0.486 e. The number of nitrogens with one attached hydrogen (secondary N) is 1. The monoisotopic (exact) mass is 474 g/mol. The second-order valence-electron chi connectivity index (χ2n) is 8.00. The van der Waals surface area contributed by atoms with Crippen molar-refractivity contribution >= 4 is 37.8 Å². The number of halogens is 1. The van der Waals surface area contributed by atoms with Crippen LogP contribution in [0.1, 0.15) is 12.0 Å². The van der Waals surface area contributed by atoms with Crippen molar-refractivity contribution in [2.75, 3.05) is 44.3 Å². The van der Waals surface area contributed by atoms with Crippen molar-refractivity contribution in [2.24, 2.45) is 4.36 Å². The summed E-state index contributed by atoms with van der Waals surface area (Å²) in [6.45, 7) is 3.39. The Morgan fingerprint density at radius 2 is 2.15 bits per heavy atom. The van der Waals surface area contributed by atoms with Crippen LogP contribution in [0.2, 0.25) is 0 Å². The van der Waals surface area contributed by atoms with Gasteiger partial charge in [-0.2, -0.15) is 4.36 Å². The maximum absolute atomic E-state index is 13.9. The lowest BCUT2D eigenvalue weighted by Crippen LogP contribution is -2.16. The second-order valence-corrected chi connectivity index (χ2v) is 10.5. The van der Waals surface area contributed by atoms with Crippen LogP contribution in [0.15, 0.2) is 41.0 Å². The van der Waals surface area contributed by atoms with Crippen LogP contribution >= 0.6 is 0 Å². The van der Waals surface area contributed by atoms with E-state index in [2.05, 4.69) is 19.6 Å². The maximum Gasteiger partial charge on any atom is 0.146 e. The summed E-state index contributed by atoms with van der Waals surface area (Å²) in [6.07, 6.45) is 3.69. The average Bonchev–Trinajstić information content (AvgIpc) is 3.27. The summed E-state index contributed by atoms with van der Waals surface area (Å²) >= 11 is 0. The molecule has 1 fully saturated rings. The minimum atomic E-state index is -2.43. The quantitative estimate of drug-likeness (QED) is 0.518. The number of nitrogens with zero attached hydrogens (tertiary/aromatic N) is 3. The summed E-state index contributed by atoms with van der Waals surface area (Å²) in [7, 11) is -0.864. The van der Waals surface area contributed by atoms with E-state index in [1.165, 1.54) is 18.5 Å². The molecule has 0 aliphatic carbocycles. The van der Waals surface area contributed by atoms with Gasteiger partial charge in [0.15, 0.2) is 0 Å². The number of anilines is 2. The Morgan fingerprint density at radius 3 is 2.91 bits per heavy atom. The first-order chi connectivity index (χ1) is 15.8. The van der Waals surface area contributed by atoms with E-state index in [0.717, 1.165) is 17.4 Å². The number of hydrogen-bond acceptors (Lipinski definition) is 8. The number of aromatic nitrogens is 2. The molecule has 0 bridgehead atoms. The summed E-state index contributed by atoms with van der Waals surface area (Å²) in [6, 6.07) is 7.97. The molecule has 2 atom stereocenters. The molecular weight excluding hydrogens is 447 g/mol. The Kier molecular flexibility index (Phi) is 7.06. The first-order valence-electron chi connectivity index (χ1n) is 10.6. The zero-order valence-electron chi connectivity index (χ0n) is 18.8. The summed E-state index contributed by atoms with van der Waals surface area (Å²) in [5.41, 5.74) is 2.69. The third-order valence-electron chi connectivity index (χ3n) is 5.26. The van der Waals surface area contributed by atoms with E-state index in [-0.39, 0.29) is 11.9 Å². The second kappa shape index (κ2) is 9.98. The molecule has 3 aromatic rings. The van der Waals surface area contributed by atoms with Gasteiger partial charge in [-0.3, -0.25) is 0 Å². The molecule has 0 amide bonds. The van der Waals surface area contributed by atoms with Crippen LogP contribution < -0.4 is 10.1 Å². The van der Waals surface area contributed by atoms with Gasteiger partial charge in [0.1, 0.15) is 29.8 Å². The van der Waals surface area contributed by atoms with E-state index < -0.39 is 9.73 Å². The van der Waals surface area contributed by atoms with Crippen molar-refractivity contribution in [1.29, 1.82) is 0 Å². The van der Waals surface area contributed by atoms with Gasteiger partial charge >= 0.3 is 0 Å². The minimum Gasteiger partial charge on any atom is -0.486 e. The normalized spacial score (nSPS) is 17.6. The number of ether oxygens (including phenoxy) is 3. The van der Waals surface area contributed by atoms with Gasteiger partial charge in [-0.05, 0) is 36.8 Å². The van der Waals surface area contributed by atoms with E-state index in [0.29, 0.717) is 54.0 Å². The van der Waals surface area contributed by atoms with Crippen molar-refractivity contribution in [2.45, 2.75) is 19.4 Å². The Bertz CT molecular complexity index is 1270. The van der Waals surface area contributed by atoms with E-state index in [1.54, 1.807) is 25.5 Å². The molecule has 8 nitrogen and oxygen atoms in total. The highest BCUT2D eigenvalue weighted by Crippen LogP contribution is 2.34. The first kappa shape index (κ1) is 23.3. The lowest BCUT2D eigenvalue weighted by Gasteiger charge is -2.17. The predicted octanol–water partition coefficient (Wildman–Crippen LogP) is 4.36. The number of hydrogen-bond donors (Lipinski definition) is 1. The number of aryl methyl sites for hydroxylation is 1. The minimum absolute atomic E-state index is 0.123. The highest BCUT2D eigenvalue weighted by molar-refractivity contribution is 7.93. The fourth-order valence-electron chi connectivity index (χ4n) is 3.64. The Morgan fingerprint density at radius 1 is 1.30 bits per heavy atom. The van der Waals surface area contributed by atoms with E-state index in [4.69, 9.17) is 14.2 Å². The van der Waals surface area contributed by atoms with Crippen molar-refractivity contribution in [1.82, 2.24) is 9.97 Å². The highest BCUT2D eigenvalue weighted by atomic mass is 32.2. The van der Waals surface area contributed by atoms with Gasteiger partial charge in [-0.25, -0.2) is 18.6 Å². The standard InChI is InChI=1S/C23H27FN4O4S/c1-15-10-17(28-33(3,29)9-8-30-2)12-20-22(15)23(26-14-25-20)27-19-5-4-16(24)11-21(19)32-18-6-7-31-13-18/h4-5,10-12,14,18H,6-9,13H2,1-3H3,(H,25,26,27)/t18-,33?/m0/s1. The molecule has 176 valence electrons. The molecule has 33 heavy (non-hydrogen) atoms. The topological polar surface area (TPSA) is 94.9 Å². The molecule has 1 aliphatic heterocycles. The Hall–Kier alpha value is -2.82. The number of benzene rings is 2. The molecule has 1 aromatic heterocycles. The van der Waals surface area contributed by atoms with Crippen molar-refractivity contribution < 1.29 is 22.8 Å². The lowest BCUT2D eigenvalue weighted by molar-refractivity contribution is 0.141. The number of methoxy groups -OCH3 is 1. The SMILES string of the molecule is COCCS(C)(=O)=Nc1cc(C)c2c(Nc3ccc(F)cc3O[C@H]3CCOC3)ncnc2c1. The van der Waals surface area contributed by atoms with Crippen molar-refractivity contribution in [3.05, 3.63) is 48.0 Å². The number of fused-ring (bicyclic) bond motifs is 1. The molecule has 2 heterocycles. The molecular formula is C23H27FN4O4S. The predicted molar refractivity (Wildman–Crippen MR) is 127 cm³/mol. The fourth-order valence-corrected chi connectivity index (χ4v) is 4.76. The molecule has 1 N–H and O–H groups in total. The third-order valence-corrected chi connectivity index (χ3v) is 6.78. The van der Waals surface area contributed by atoms with Gasteiger partial charge in [0, 0.05) is 31.2 Å². The molecule has 1 unspecified atom stereocenters. The summed E-state index contributed by atoms with van der Waals surface area (Å²) in [4.78, 5) is 8.78. The Balaban J connectivity index is 1.69. The van der Waals surface area contributed by atoms with Gasteiger partial charge in [-0.15, -0.1) is 0 Å². The van der Waals surface area contributed by atoms with E-state index in [9.17, 15) is 8.60 Å². The van der Waals surface area contributed by atoms with Crippen LogP contribution in [-0.4, -0.2) is 59.2 Å². The molecule has 1 saturated heterocycles. The van der Waals surface area contributed by atoms with Gasteiger partial charge in [0.25, 0.3) is 0 Å². The van der Waals surface area contributed by atoms with Crippen LogP contribution in [0.3, 0.4) is 0 Å². The van der Waals surface area contributed by atoms with E-state index in [1.807, 2.05) is 13.0 Å². The molecule has 1 aliphatic rings. The third kappa shape index (κ3) is 5.76. The van der Waals surface area contributed by atoms with Crippen LogP contribution in [0.25, 0.3) is 10.9 Å². The summed E-state index contributed by atoms with van der Waals surface area (Å²) < 4.78 is 47.5. The molecule has 10 heteroatoms. The fraction of sp³-hybridized carbons (Fsp3) is 0.391. The number of rotatable bonds is 8. The Labute approximate surface area is 192 Å². The van der Waals surface area contributed by atoms with Crippen LogP contribution in [0, 0.1) is 12.7 Å². The molecule has 0 radical (unpaired) electrons. The van der Waals surface area contributed by atoms with Gasteiger partial charge < -0.3 is 19.5 Å². The van der Waals surface area contributed by atoms with Crippen molar-refractivity contribution in [3.8, 4) is 5.75 Å². The zero-order valence-corrected chi connectivity index (χ0v) is 19.7. The van der Waals surface area contributed by atoms with Gasteiger partial charge in [0.05, 0.1) is 52.2 Å². The molecule has 2 aromatic carbocycles. The van der Waals surface area contributed by atoms with Crippen LogP contribution in [-0.2, 0) is 19.2 Å². The van der Waals surface area contributed by atoms with E-state index >= 15 is 0 Å². The first-order valence-corrected chi connectivity index (χ1v) is 12.7. The zero-order chi connectivity index (χ0) is 23.4. The maximum atomic E-state index is 13.9. The van der Waals surface area contributed by atoms with Gasteiger partial charge in [0.2, 0.25) is 0 Å². The summed E-state index contributed by atoms with van der Waals surface area (Å²) in [5, 5.41) is 4.05. The lowest BCUT2D eigenvalue weighted by atomic mass is 10.1. The molecule has 0 spiro atoms. The summed E-state index contributed by atoms with van der Waals surface area (Å²) in [5.74, 6) is 0.905. The van der Waals surface area contributed by atoms with Crippen molar-refractivity contribution in [3.63, 3.8) is 0 Å². The highest BCUT2D eigenvalue weighted by Gasteiger charge is 2.20. The molecule has 4 rings (SSSR count). The smallest absolute Gasteiger partial charge is 0.146 e. The average molecular weight is 475 g/mol. The van der Waals surface area contributed by atoms with Crippen LogP contribution in [0.5, 0.6) is 5.75 Å². The molecule has 0 saturated carbocycles. The van der Waals surface area contributed by atoms with Gasteiger partial charge in [-0.1, -0.05) is 0 Å².